The Labute approximate surface area is 127 Å². The van der Waals surface area contributed by atoms with Gasteiger partial charge in [-0.1, -0.05) is 13.0 Å². The molecule has 2 rings (SSSR count). The number of benzene rings is 1. The summed E-state index contributed by atoms with van der Waals surface area (Å²) in [6.07, 6.45) is 2.63. The Kier molecular flexibility index (Phi) is 4.88. The topological polar surface area (TPSA) is 52.6 Å². The maximum Gasteiger partial charge on any atom is 0.233 e. The van der Waals surface area contributed by atoms with Gasteiger partial charge in [-0.2, -0.15) is 0 Å². The van der Waals surface area contributed by atoms with E-state index in [9.17, 15) is 9.90 Å². The Morgan fingerprint density at radius 2 is 2.00 bits per heavy atom. The van der Waals surface area contributed by atoms with E-state index in [-0.39, 0.29) is 17.1 Å². The minimum absolute atomic E-state index is 0.197. The molecule has 4 nitrogen and oxygen atoms in total. The Bertz CT molecular complexity index is 508. The highest BCUT2D eigenvalue weighted by Crippen LogP contribution is 2.37. The summed E-state index contributed by atoms with van der Waals surface area (Å²) in [6.45, 7) is 8.49. The van der Waals surface area contributed by atoms with Crippen LogP contribution < -0.4 is 10.2 Å². The second-order valence-corrected chi connectivity index (χ2v) is 5.90. The van der Waals surface area contributed by atoms with E-state index < -0.39 is 0 Å². The van der Waals surface area contributed by atoms with Crippen LogP contribution in [0.2, 0.25) is 0 Å². The summed E-state index contributed by atoms with van der Waals surface area (Å²) in [7, 11) is 0. The molecule has 0 radical (unpaired) electrons. The van der Waals surface area contributed by atoms with Crippen LogP contribution in [0.25, 0.3) is 0 Å². The summed E-state index contributed by atoms with van der Waals surface area (Å²) in [6, 6.07) is 5.22. The molecule has 1 amide bonds. The van der Waals surface area contributed by atoms with Crippen molar-refractivity contribution in [3.63, 3.8) is 0 Å². The monoisotopic (exact) mass is 290 g/mol. The van der Waals surface area contributed by atoms with Crippen molar-refractivity contribution in [2.45, 2.75) is 40.0 Å². The van der Waals surface area contributed by atoms with E-state index in [1.165, 1.54) is 0 Å². The zero-order valence-electron chi connectivity index (χ0n) is 13.3. The molecule has 21 heavy (non-hydrogen) atoms. The number of nitrogens with zero attached hydrogens (tertiary/aromatic N) is 1. The Morgan fingerprint density at radius 3 is 2.57 bits per heavy atom. The molecular formula is C17H26N2O2. The lowest BCUT2D eigenvalue weighted by Gasteiger charge is -2.39. The number of aryl methyl sites for hydroxylation is 1. The van der Waals surface area contributed by atoms with Crippen molar-refractivity contribution < 1.29 is 9.90 Å². The maximum absolute atomic E-state index is 13.2. The number of amides is 1. The summed E-state index contributed by atoms with van der Waals surface area (Å²) >= 11 is 0. The Morgan fingerprint density at radius 1 is 1.33 bits per heavy atom. The molecule has 0 spiro atoms. The van der Waals surface area contributed by atoms with Gasteiger partial charge in [0.2, 0.25) is 5.91 Å². The van der Waals surface area contributed by atoms with Crippen molar-refractivity contribution in [1.29, 1.82) is 0 Å². The highest BCUT2D eigenvalue weighted by atomic mass is 16.3. The van der Waals surface area contributed by atoms with E-state index in [0.29, 0.717) is 6.54 Å². The molecule has 1 aromatic rings. The van der Waals surface area contributed by atoms with Crippen LogP contribution in [0.15, 0.2) is 18.2 Å². The van der Waals surface area contributed by atoms with E-state index in [1.807, 2.05) is 24.8 Å². The maximum atomic E-state index is 13.2. The van der Waals surface area contributed by atoms with Gasteiger partial charge in [0.05, 0.1) is 11.1 Å². The zero-order chi connectivity index (χ0) is 15.5. The van der Waals surface area contributed by atoms with Gasteiger partial charge in [-0.3, -0.25) is 4.79 Å². The average molecular weight is 290 g/mol. The Balaban J connectivity index is 2.35. The lowest BCUT2D eigenvalue weighted by Crippen LogP contribution is -2.49. The predicted octanol–water partition coefficient (Wildman–Crippen LogP) is 2.83. The first-order chi connectivity index (χ1) is 10.0. The van der Waals surface area contributed by atoms with E-state index in [1.54, 1.807) is 12.1 Å². The highest BCUT2D eigenvalue weighted by Gasteiger charge is 2.40. The summed E-state index contributed by atoms with van der Waals surface area (Å²) < 4.78 is 0. The second-order valence-electron chi connectivity index (χ2n) is 5.90. The van der Waals surface area contributed by atoms with Crippen LogP contribution in [-0.4, -0.2) is 30.6 Å². The van der Waals surface area contributed by atoms with Crippen molar-refractivity contribution in [3.8, 4) is 5.75 Å². The van der Waals surface area contributed by atoms with Gasteiger partial charge < -0.3 is 15.3 Å². The number of nitrogens with one attached hydrogen (secondary N) is 1. The zero-order valence-corrected chi connectivity index (χ0v) is 13.3. The minimum Gasteiger partial charge on any atom is -0.508 e. The van der Waals surface area contributed by atoms with Gasteiger partial charge in [0, 0.05) is 12.6 Å². The first-order valence-electron chi connectivity index (χ1n) is 7.86. The fourth-order valence-corrected chi connectivity index (χ4v) is 3.22. The van der Waals surface area contributed by atoms with Crippen LogP contribution in [0.1, 0.15) is 38.7 Å². The van der Waals surface area contributed by atoms with E-state index in [0.717, 1.165) is 43.6 Å². The number of phenols is 1. The summed E-state index contributed by atoms with van der Waals surface area (Å²) in [5.41, 5.74) is 1.58. The third-order valence-corrected chi connectivity index (χ3v) is 4.74. The summed E-state index contributed by atoms with van der Waals surface area (Å²) in [4.78, 5) is 15.0. The van der Waals surface area contributed by atoms with E-state index in [4.69, 9.17) is 0 Å². The van der Waals surface area contributed by atoms with Crippen LogP contribution in [0.4, 0.5) is 5.69 Å². The lowest BCUT2D eigenvalue weighted by atomic mass is 9.75. The first kappa shape index (κ1) is 15.8. The average Bonchev–Trinajstić information content (AvgIpc) is 2.52. The van der Waals surface area contributed by atoms with Crippen LogP contribution >= 0.6 is 0 Å². The summed E-state index contributed by atoms with van der Waals surface area (Å²) in [5.74, 6) is 0.403. The molecule has 1 aliphatic rings. The third kappa shape index (κ3) is 3.05. The van der Waals surface area contributed by atoms with Crippen molar-refractivity contribution >= 4 is 11.6 Å². The van der Waals surface area contributed by atoms with Gasteiger partial charge >= 0.3 is 0 Å². The standard InChI is InChI=1S/C17H26N2O2/c1-4-17(8-10-18-11-9-17)16(21)19(5-2)15-12-14(20)7-6-13(15)3/h6-7,12,18,20H,4-5,8-11H2,1-3H3. The largest absolute Gasteiger partial charge is 0.508 e. The molecule has 116 valence electrons. The molecule has 2 N–H and O–H groups in total. The van der Waals surface area contributed by atoms with Crippen LogP contribution in [-0.2, 0) is 4.79 Å². The van der Waals surface area contributed by atoms with E-state index >= 15 is 0 Å². The molecule has 0 unspecified atom stereocenters. The molecule has 1 aromatic carbocycles. The van der Waals surface area contributed by atoms with Gasteiger partial charge in [0.25, 0.3) is 0 Å². The lowest BCUT2D eigenvalue weighted by molar-refractivity contribution is -0.130. The molecule has 0 aromatic heterocycles. The smallest absolute Gasteiger partial charge is 0.233 e. The van der Waals surface area contributed by atoms with Crippen molar-refractivity contribution in [1.82, 2.24) is 5.32 Å². The number of carbonyl (C=O) groups is 1. The van der Waals surface area contributed by atoms with Crippen molar-refractivity contribution in [2.75, 3.05) is 24.5 Å². The number of piperidine rings is 1. The van der Waals surface area contributed by atoms with Crippen LogP contribution in [0.5, 0.6) is 5.75 Å². The SMILES string of the molecule is CCN(C(=O)C1(CC)CCNCC1)c1cc(O)ccc1C. The quantitative estimate of drug-likeness (QED) is 0.896. The van der Waals surface area contributed by atoms with Gasteiger partial charge in [-0.25, -0.2) is 0 Å². The molecule has 0 atom stereocenters. The molecule has 1 heterocycles. The number of hydrogen-bond donors (Lipinski definition) is 2. The molecule has 4 heteroatoms. The first-order valence-corrected chi connectivity index (χ1v) is 7.86. The molecular weight excluding hydrogens is 264 g/mol. The second kappa shape index (κ2) is 6.48. The minimum atomic E-state index is -0.265. The normalized spacial score (nSPS) is 17.5. The number of phenolic OH excluding ortho intramolecular Hbond substituents is 1. The fourth-order valence-electron chi connectivity index (χ4n) is 3.22. The van der Waals surface area contributed by atoms with Gasteiger partial charge in [-0.15, -0.1) is 0 Å². The number of aromatic hydroxyl groups is 1. The number of anilines is 1. The van der Waals surface area contributed by atoms with Crippen LogP contribution in [0, 0.1) is 12.3 Å². The molecule has 0 bridgehead atoms. The third-order valence-electron chi connectivity index (χ3n) is 4.74. The van der Waals surface area contributed by atoms with Crippen LogP contribution in [0.3, 0.4) is 0 Å². The molecule has 1 fully saturated rings. The molecule has 0 aliphatic carbocycles. The van der Waals surface area contributed by atoms with E-state index in [2.05, 4.69) is 12.2 Å². The predicted molar refractivity (Wildman–Crippen MR) is 85.7 cm³/mol. The summed E-state index contributed by atoms with van der Waals surface area (Å²) in [5, 5.41) is 13.1. The van der Waals surface area contributed by atoms with Crippen molar-refractivity contribution in [3.05, 3.63) is 23.8 Å². The number of hydrogen-bond acceptors (Lipinski definition) is 3. The number of rotatable bonds is 4. The molecule has 1 saturated heterocycles. The van der Waals surface area contributed by atoms with Gasteiger partial charge in [0.15, 0.2) is 0 Å². The molecule has 0 saturated carbocycles. The van der Waals surface area contributed by atoms with Gasteiger partial charge in [0.1, 0.15) is 5.75 Å². The fraction of sp³-hybridized carbons (Fsp3) is 0.588. The highest BCUT2D eigenvalue weighted by molar-refractivity contribution is 5.98. The number of carbonyl (C=O) groups excluding carboxylic acids is 1. The van der Waals surface area contributed by atoms with Gasteiger partial charge in [-0.05, 0) is 57.8 Å². The molecule has 1 aliphatic heterocycles. The van der Waals surface area contributed by atoms with Crippen molar-refractivity contribution in [2.24, 2.45) is 5.41 Å². The Hall–Kier alpha value is -1.55.